The second-order valence-corrected chi connectivity index (χ2v) is 7.37. The summed E-state index contributed by atoms with van der Waals surface area (Å²) < 4.78 is 0. The van der Waals surface area contributed by atoms with E-state index in [9.17, 15) is 0 Å². The van der Waals surface area contributed by atoms with Gasteiger partial charge in [-0.25, -0.2) is 0 Å². The van der Waals surface area contributed by atoms with Gasteiger partial charge in [-0.3, -0.25) is 0 Å². The highest BCUT2D eigenvalue weighted by molar-refractivity contribution is 7.98. The molecule has 1 aromatic carbocycles. The van der Waals surface area contributed by atoms with Crippen LogP contribution in [0.2, 0.25) is 0 Å². The van der Waals surface area contributed by atoms with Gasteiger partial charge in [0.15, 0.2) is 0 Å². The lowest BCUT2D eigenvalue weighted by Gasteiger charge is -2.45. The van der Waals surface area contributed by atoms with Gasteiger partial charge in [0.25, 0.3) is 0 Å². The molecule has 2 heterocycles. The van der Waals surface area contributed by atoms with Crippen LogP contribution in [-0.4, -0.2) is 41.5 Å². The molecule has 1 N–H and O–H groups in total. The van der Waals surface area contributed by atoms with E-state index in [2.05, 4.69) is 47.6 Å². The Morgan fingerprint density at radius 1 is 1.40 bits per heavy atom. The maximum atomic E-state index is 3.46. The number of nitrogens with one attached hydrogen (secondary N) is 1. The van der Waals surface area contributed by atoms with Crippen molar-refractivity contribution in [3.05, 3.63) is 35.5 Å². The number of benzene rings is 1. The van der Waals surface area contributed by atoms with Crippen molar-refractivity contribution in [1.29, 1.82) is 0 Å². The van der Waals surface area contributed by atoms with Crippen LogP contribution in [0.25, 0.3) is 10.9 Å². The van der Waals surface area contributed by atoms with Gasteiger partial charge in [0, 0.05) is 35.6 Å². The fourth-order valence-electron chi connectivity index (χ4n) is 4.41. The molecule has 2 aromatic rings. The van der Waals surface area contributed by atoms with Crippen molar-refractivity contribution in [3.8, 4) is 0 Å². The summed E-state index contributed by atoms with van der Waals surface area (Å²) in [7, 11) is 2.32. The van der Waals surface area contributed by atoms with Gasteiger partial charge in [-0.05, 0) is 55.0 Å². The van der Waals surface area contributed by atoms with E-state index in [4.69, 9.17) is 0 Å². The van der Waals surface area contributed by atoms with Crippen LogP contribution >= 0.6 is 11.8 Å². The topological polar surface area (TPSA) is 19.0 Å². The minimum absolute atomic E-state index is 0.696. The van der Waals surface area contributed by atoms with Gasteiger partial charge < -0.3 is 9.88 Å². The third-order valence-corrected chi connectivity index (χ3v) is 6.02. The number of nitrogens with zero attached hydrogens (tertiary/aromatic N) is 1. The number of H-pyrrole nitrogens is 1. The largest absolute Gasteiger partial charge is 0.361 e. The summed E-state index contributed by atoms with van der Waals surface area (Å²) in [5, 5.41) is 1.52. The van der Waals surface area contributed by atoms with Gasteiger partial charge in [-0.1, -0.05) is 12.1 Å². The Morgan fingerprint density at radius 3 is 3.15 bits per heavy atom. The van der Waals surface area contributed by atoms with Gasteiger partial charge in [0.2, 0.25) is 0 Å². The lowest BCUT2D eigenvalue weighted by molar-refractivity contribution is 0.121. The Kier molecular flexibility index (Phi) is 3.08. The number of aromatic amines is 1. The number of piperidine rings is 1. The van der Waals surface area contributed by atoms with Crippen molar-refractivity contribution < 1.29 is 0 Å². The molecule has 3 heteroatoms. The van der Waals surface area contributed by atoms with Gasteiger partial charge in [-0.2, -0.15) is 11.8 Å². The molecule has 0 amide bonds. The summed E-state index contributed by atoms with van der Waals surface area (Å²) in [5.74, 6) is 2.86. The molecule has 3 atom stereocenters. The minimum Gasteiger partial charge on any atom is -0.361 e. The third-order valence-electron chi connectivity index (χ3n) is 5.21. The number of aromatic nitrogens is 1. The zero-order valence-corrected chi connectivity index (χ0v) is 13.0. The van der Waals surface area contributed by atoms with Crippen LogP contribution < -0.4 is 0 Å². The summed E-state index contributed by atoms with van der Waals surface area (Å²) in [6.07, 6.45) is 7.04. The van der Waals surface area contributed by atoms with Crippen molar-refractivity contribution in [3.63, 3.8) is 0 Å². The van der Waals surface area contributed by atoms with Gasteiger partial charge in [0.05, 0.1) is 0 Å². The summed E-state index contributed by atoms with van der Waals surface area (Å²) in [6.45, 7) is 1.26. The van der Waals surface area contributed by atoms with Gasteiger partial charge >= 0.3 is 0 Å². The smallest absolute Gasteiger partial charge is 0.0459 e. The van der Waals surface area contributed by atoms with E-state index in [0.717, 1.165) is 11.8 Å². The summed E-state index contributed by atoms with van der Waals surface area (Å²) in [5.41, 5.74) is 4.44. The Balaban J connectivity index is 1.79. The van der Waals surface area contributed by atoms with E-state index < -0.39 is 0 Å². The number of likely N-dealkylation sites (tertiary alicyclic amines) is 1. The first-order chi connectivity index (χ1) is 9.78. The quantitative estimate of drug-likeness (QED) is 0.911. The third kappa shape index (κ3) is 1.83. The van der Waals surface area contributed by atoms with Crippen LogP contribution in [-0.2, 0) is 6.42 Å². The highest BCUT2D eigenvalue weighted by Gasteiger charge is 2.38. The molecule has 1 fully saturated rings. The lowest BCUT2D eigenvalue weighted by atomic mass is 9.73. The predicted molar refractivity (Wildman–Crippen MR) is 87.7 cm³/mol. The molecule has 2 aliphatic rings. The minimum atomic E-state index is 0.696. The van der Waals surface area contributed by atoms with Crippen LogP contribution in [0.5, 0.6) is 0 Å². The van der Waals surface area contributed by atoms with Gasteiger partial charge in [-0.15, -0.1) is 0 Å². The van der Waals surface area contributed by atoms with Crippen LogP contribution in [0.15, 0.2) is 24.4 Å². The Hall–Kier alpha value is -0.930. The highest BCUT2D eigenvalue weighted by atomic mass is 32.2. The van der Waals surface area contributed by atoms with Crippen molar-refractivity contribution in [2.24, 2.45) is 5.92 Å². The molecule has 0 radical (unpaired) electrons. The Bertz CT molecular complexity index is 633. The molecule has 1 aliphatic heterocycles. The summed E-state index contributed by atoms with van der Waals surface area (Å²) in [6, 6.07) is 7.50. The molecule has 20 heavy (non-hydrogen) atoms. The summed E-state index contributed by atoms with van der Waals surface area (Å²) in [4.78, 5) is 6.07. The molecule has 1 aromatic heterocycles. The second kappa shape index (κ2) is 4.81. The van der Waals surface area contributed by atoms with E-state index in [1.165, 1.54) is 41.6 Å². The second-order valence-electron chi connectivity index (χ2n) is 6.46. The number of fused-ring (bicyclic) bond motifs is 2. The normalized spacial score (nSPS) is 29.6. The van der Waals surface area contributed by atoms with Crippen LogP contribution in [0.1, 0.15) is 23.5 Å². The first-order valence-electron chi connectivity index (χ1n) is 7.56. The number of likely N-dealkylation sites (N-methyl/N-ethyl adjacent to an activating group) is 1. The van der Waals surface area contributed by atoms with Crippen molar-refractivity contribution in [2.75, 3.05) is 25.6 Å². The molecule has 0 bridgehead atoms. The molecule has 0 saturated carbocycles. The first-order valence-corrected chi connectivity index (χ1v) is 8.95. The highest BCUT2D eigenvalue weighted by Crippen LogP contribution is 2.44. The lowest BCUT2D eigenvalue weighted by Crippen LogP contribution is -2.48. The predicted octanol–water partition coefficient (Wildman–Crippen LogP) is 3.49. The molecular formula is C17H22N2S. The number of hydrogen-bond acceptors (Lipinski definition) is 2. The van der Waals surface area contributed by atoms with E-state index in [1.54, 1.807) is 5.56 Å². The molecule has 1 saturated heterocycles. The number of thioether (sulfide) groups is 1. The molecule has 2 nitrogen and oxygen atoms in total. The SMILES string of the molecule is CSCC1CC2c3cccc4[nH]cc(c34)CC2N(C)C1. The van der Waals surface area contributed by atoms with E-state index >= 15 is 0 Å². The molecule has 0 spiro atoms. The van der Waals surface area contributed by atoms with Crippen LogP contribution in [0, 0.1) is 5.92 Å². The monoisotopic (exact) mass is 286 g/mol. The molecule has 1 aliphatic carbocycles. The van der Waals surface area contributed by atoms with Gasteiger partial charge in [0.1, 0.15) is 0 Å². The average Bonchev–Trinajstić information content (AvgIpc) is 2.86. The zero-order valence-electron chi connectivity index (χ0n) is 12.2. The fraction of sp³-hybridized carbons (Fsp3) is 0.529. The molecule has 106 valence electrons. The van der Waals surface area contributed by atoms with E-state index in [0.29, 0.717) is 6.04 Å². The van der Waals surface area contributed by atoms with Crippen LogP contribution in [0.3, 0.4) is 0 Å². The molecule has 4 rings (SSSR count). The van der Waals surface area contributed by atoms with E-state index in [-0.39, 0.29) is 0 Å². The average molecular weight is 286 g/mol. The maximum absolute atomic E-state index is 3.46. The molecular weight excluding hydrogens is 264 g/mol. The maximum Gasteiger partial charge on any atom is 0.0459 e. The van der Waals surface area contributed by atoms with Crippen molar-refractivity contribution in [1.82, 2.24) is 9.88 Å². The van der Waals surface area contributed by atoms with Crippen LogP contribution in [0.4, 0.5) is 0 Å². The fourth-order valence-corrected chi connectivity index (χ4v) is 5.12. The Labute approximate surface area is 124 Å². The number of hydrogen-bond donors (Lipinski definition) is 1. The van der Waals surface area contributed by atoms with E-state index in [1.807, 2.05) is 11.8 Å². The first kappa shape index (κ1) is 12.8. The zero-order chi connectivity index (χ0) is 13.7. The van der Waals surface area contributed by atoms with Crippen molar-refractivity contribution >= 4 is 22.7 Å². The number of rotatable bonds is 2. The standard InChI is InChI=1S/C17H22N2S/c1-19-9-11(10-20-2)6-14-13-4-3-5-15-17(13)12(8-18-15)7-16(14)19/h3-5,8,11,14,16,18H,6-7,9-10H2,1-2H3. The molecule has 3 unspecified atom stereocenters. The van der Waals surface area contributed by atoms with Crippen molar-refractivity contribution in [2.45, 2.75) is 24.8 Å². The summed E-state index contributed by atoms with van der Waals surface area (Å²) >= 11 is 2.00. The Morgan fingerprint density at radius 2 is 2.30 bits per heavy atom.